The van der Waals surface area contributed by atoms with Crippen molar-refractivity contribution in [2.45, 2.75) is 43.7 Å². The van der Waals surface area contributed by atoms with Crippen LogP contribution in [0.25, 0.3) is 0 Å². The highest BCUT2D eigenvalue weighted by atomic mass is 32.2. The molecule has 2 amide bonds. The summed E-state index contributed by atoms with van der Waals surface area (Å²) in [5, 5.41) is 14.8. The van der Waals surface area contributed by atoms with Gasteiger partial charge in [-0.15, -0.1) is 10.2 Å². The monoisotopic (exact) mass is 443 g/mol. The van der Waals surface area contributed by atoms with Gasteiger partial charge in [0.15, 0.2) is 5.82 Å². The van der Waals surface area contributed by atoms with Crippen molar-refractivity contribution in [3.8, 4) is 0 Å². The van der Waals surface area contributed by atoms with Crippen molar-refractivity contribution in [2.75, 3.05) is 29.1 Å². The van der Waals surface area contributed by atoms with E-state index in [1.165, 1.54) is 17.8 Å². The number of nitrogens with one attached hydrogen (secondary N) is 2. The van der Waals surface area contributed by atoms with E-state index in [0.29, 0.717) is 17.6 Å². The zero-order valence-electron chi connectivity index (χ0n) is 17.4. The molecule has 2 aliphatic rings. The van der Waals surface area contributed by atoms with E-state index in [9.17, 15) is 14.0 Å². The van der Waals surface area contributed by atoms with Gasteiger partial charge in [-0.1, -0.05) is 17.8 Å². The van der Waals surface area contributed by atoms with Gasteiger partial charge in [-0.3, -0.25) is 9.59 Å². The normalized spacial score (nSPS) is 18.5. The van der Waals surface area contributed by atoms with Crippen LogP contribution in [0, 0.1) is 18.7 Å². The molecule has 1 aromatic heterocycles. The highest BCUT2D eigenvalue weighted by Gasteiger charge is 2.30. The molecule has 0 radical (unpaired) electrons. The summed E-state index contributed by atoms with van der Waals surface area (Å²) in [6.07, 6.45) is 4.01. The van der Waals surface area contributed by atoms with Crippen LogP contribution in [0.1, 0.15) is 31.2 Å². The number of carbonyl (C=O) groups excluding carboxylic acids is 2. The van der Waals surface area contributed by atoms with Gasteiger partial charge >= 0.3 is 0 Å². The van der Waals surface area contributed by atoms with E-state index >= 15 is 0 Å². The lowest BCUT2D eigenvalue weighted by atomic mass is 9.97. The Morgan fingerprint density at radius 2 is 2.03 bits per heavy atom. The lowest BCUT2D eigenvalue weighted by molar-refractivity contribution is -0.125. The van der Waals surface area contributed by atoms with E-state index < -0.39 is 5.82 Å². The van der Waals surface area contributed by atoms with Crippen LogP contribution in [0.3, 0.4) is 0 Å². The molecule has 2 N–H and O–H groups in total. The number of rotatable bonds is 7. The minimum atomic E-state index is -0.451. The molecule has 0 bridgehead atoms. The van der Waals surface area contributed by atoms with Crippen molar-refractivity contribution in [1.29, 1.82) is 0 Å². The molecule has 1 atom stereocenters. The Bertz CT molecular complexity index is 951. The number of thioether (sulfide) groups is 1. The molecular formula is C22H26FN5O2S. The molecule has 1 aliphatic heterocycles. The van der Waals surface area contributed by atoms with Crippen molar-refractivity contribution in [1.82, 2.24) is 15.5 Å². The number of aryl methyl sites for hydroxylation is 1. The zero-order valence-corrected chi connectivity index (χ0v) is 18.3. The molecule has 31 heavy (non-hydrogen) atoms. The lowest BCUT2D eigenvalue weighted by Crippen LogP contribution is -2.44. The molecule has 4 rings (SSSR count). The summed E-state index contributed by atoms with van der Waals surface area (Å²) in [7, 11) is 0. The van der Waals surface area contributed by atoms with Gasteiger partial charge in [-0.25, -0.2) is 4.39 Å². The summed E-state index contributed by atoms with van der Waals surface area (Å²) in [4.78, 5) is 26.6. The summed E-state index contributed by atoms with van der Waals surface area (Å²) >= 11 is 1.24. The summed E-state index contributed by atoms with van der Waals surface area (Å²) < 4.78 is 13.9. The molecular weight excluding hydrogens is 417 g/mol. The first-order valence-corrected chi connectivity index (χ1v) is 11.5. The van der Waals surface area contributed by atoms with E-state index in [4.69, 9.17) is 0 Å². The zero-order chi connectivity index (χ0) is 21.8. The summed E-state index contributed by atoms with van der Waals surface area (Å²) in [6.45, 7) is 3.28. The average molecular weight is 444 g/mol. The van der Waals surface area contributed by atoms with Crippen LogP contribution >= 0.6 is 11.8 Å². The molecule has 1 aliphatic carbocycles. The van der Waals surface area contributed by atoms with Crippen LogP contribution in [0.5, 0.6) is 0 Å². The molecule has 2 heterocycles. The standard InChI is InChI=1S/C22H26FN5O2S/c1-14-4-7-18(17(23)11-14)25-20(29)13-31-21-9-8-19(26-27-21)28-10-2-3-15(12-28)22(30)24-16-5-6-16/h4,7-9,11,15-16H,2-3,5-6,10,12-13H2,1H3,(H,24,30)(H,25,29). The third-order valence-corrected chi connectivity index (χ3v) is 6.34. The fourth-order valence-electron chi connectivity index (χ4n) is 3.55. The number of hydrogen-bond donors (Lipinski definition) is 2. The largest absolute Gasteiger partial charge is 0.354 e. The maximum absolute atomic E-state index is 13.9. The third kappa shape index (κ3) is 5.94. The number of benzene rings is 1. The van der Waals surface area contributed by atoms with Crippen LogP contribution in [-0.4, -0.2) is 46.9 Å². The number of aromatic nitrogens is 2. The van der Waals surface area contributed by atoms with Crippen LogP contribution in [0.2, 0.25) is 0 Å². The first-order valence-electron chi connectivity index (χ1n) is 10.6. The second-order valence-corrected chi connectivity index (χ2v) is 9.11. The van der Waals surface area contributed by atoms with Crippen molar-refractivity contribution in [3.63, 3.8) is 0 Å². The molecule has 1 saturated carbocycles. The van der Waals surface area contributed by atoms with E-state index in [1.54, 1.807) is 19.1 Å². The fraction of sp³-hybridized carbons (Fsp3) is 0.455. The minimum Gasteiger partial charge on any atom is -0.354 e. The quantitative estimate of drug-likeness (QED) is 0.640. The van der Waals surface area contributed by atoms with E-state index in [2.05, 4.69) is 25.7 Å². The Hall–Kier alpha value is -2.68. The molecule has 0 spiro atoms. The number of carbonyl (C=O) groups is 2. The Kier molecular flexibility index (Phi) is 6.70. The smallest absolute Gasteiger partial charge is 0.234 e. The van der Waals surface area contributed by atoms with E-state index in [0.717, 1.165) is 43.6 Å². The molecule has 164 valence electrons. The van der Waals surface area contributed by atoms with Gasteiger partial charge < -0.3 is 15.5 Å². The van der Waals surface area contributed by atoms with Gasteiger partial charge in [0.25, 0.3) is 0 Å². The molecule has 1 aromatic carbocycles. The fourth-order valence-corrected chi connectivity index (χ4v) is 4.17. The predicted molar refractivity (Wildman–Crippen MR) is 119 cm³/mol. The molecule has 2 fully saturated rings. The maximum atomic E-state index is 13.9. The Balaban J connectivity index is 1.27. The SMILES string of the molecule is Cc1ccc(NC(=O)CSc2ccc(N3CCCC(C(=O)NC4CC4)C3)nn2)c(F)c1. The second kappa shape index (κ2) is 9.64. The van der Waals surface area contributed by atoms with E-state index in [-0.39, 0.29) is 29.2 Å². The molecule has 2 aromatic rings. The molecule has 7 nitrogen and oxygen atoms in total. The van der Waals surface area contributed by atoms with Crippen molar-refractivity contribution in [2.24, 2.45) is 5.92 Å². The predicted octanol–water partition coefficient (Wildman–Crippen LogP) is 3.15. The molecule has 1 unspecified atom stereocenters. The van der Waals surface area contributed by atoms with Gasteiger partial charge in [-0.2, -0.15) is 0 Å². The van der Waals surface area contributed by atoms with Gasteiger partial charge in [0.2, 0.25) is 11.8 Å². The Morgan fingerprint density at radius 1 is 1.19 bits per heavy atom. The first-order chi connectivity index (χ1) is 15.0. The Labute approximate surface area is 185 Å². The van der Waals surface area contributed by atoms with Gasteiger partial charge in [0.05, 0.1) is 17.4 Å². The summed E-state index contributed by atoms with van der Waals surface area (Å²) in [5.41, 5.74) is 0.965. The Morgan fingerprint density at radius 3 is 2.74 bits per heavy atom. The molecule has 1 saturated heterocycles. The number of anilines is 2. The van der Waals surface area contributed by atoms with Gasteiger partial charge in [0, 0.05) is 19.1 Å². The van der Waals surface area contributed by atoms with Gasteiger partial charge in [-0.05, 0) is 62.4 Å². The highest BCUT2D eigenvalue weighted by Crippen LogP contribution is 2.25. The summed E-state index contributed by atoms with van der Waals surface area (Å²) in [5.74, 6) is 0.209. The first kappa shape index (κ1) is 21.5. The maximum Gasteiger partial charge on any atom is 0.234 e. The van der Waals surface area contributed by atoms with Gasteiger partial charge in [0.1, 0.15) is 10.8 Å². The lowest BCUT2D eigenvalue weighted by Gasteiger charge is -2.32. The van der Waals surface area contributed by atoms with E-state index in [1.807, 2.05) is 12.1 Å². The third-order valence-electron chi connectivity index (χ3n) is 5.42. The van der Waals surface area contributed by atoms with Crippen molar-refractivity contribution < 1.29 is 14.0 Å². The summed E-state index contributed by atoms with van der Waals surface area (Å²) in [6, 6.07) is 8.75. The van der Waals surface area contributed by atoms with Crippen LogP contribution < -0.4 is 15.5 Å². The van der Waals surface area contributed by atoms with Crippen molar-refractivity contribution >= 4 is 35.1 Å². The van der Waals surface area contributed by atoms with Crippen molar-refractivity contribution in [3.05, 3.63) is 41.7 Å². The number of halogens is 1. The van der Waals surface area contributed by atoms with Crippen LogP contribution in [0.15, 0.2) is 35.4 Å². The minimum absolute atomic E-state index is 0.0175. The second-order valence-electron chi connectivity index (χ2n) is 8.12. The topological polar surface area (TPSA) is 87.2 Å². The number of nitrogens with zero attached hydrogens (tertiary/aromatic N) is 3. The number of hydrogen-bond acceptors (Lipinski definition) is 6. The van der Waals surface area contributed by atoms with Crippen LogP contribution in [0.4, 0.5) is 15.9 Å². The number of piperidine rings is 1. The average Bonchev–Trinajstić information content (AvgIpc) is 3.59. The van der Waals surface area contributed by atoms with Crippen LogP contribution in [-0.2, 0) is 9.59 Å². The number of amides is 2. The molecule has 9 heteroatoms. The highest BCUT2D eigenvalue weighted by molar-refractivity contribution is 7.99.